The highest BCUT2D eigenvalue weighted by atomic mass is 16.5. The molecule has 1 atom stereocenters. The monoisotopic (exact) mass is 261 g/mol. The molecule has 0 saturated heterocycles. The predicted octanol–water partition coefficient (Wildman–Crippen LogP) is 2.04. The average molecular weight is 261 g/mol. The zero-order valence-electron chi connectivity index (χ0n) is 12.2. The molecule has 1 rings (SSSR count). The third-order valence-corrected chi connectivity index (χ3v) is 2.92. The molecule has 2 N–H and O–H groups in total. The average Bonchev–Trinajstić information content (AvgIpc) is 2.37. The molecule has 0 aliphatic carbocycles. The molecule has 3 heteroatoms. The molecule has 0 spiro atoms. The molecule has 19 heavy (non-hydrogen) atoms. The fourth-order valence-electron chi connectivity index (χ4n) is 1.53. The van der Waals surface area contributed by atoms with E-state index in [2.05, 4.69) is 11.2 Å². The van der Waals surface area contributed by atoms with Crippen molar-refractivity contribution in [1.82, 2.24) is 5.32 Å². The van der Waals surface area contributed by atoms with Gasteiger partial charge in [-0.3, -0.25) is 5.32 Å². The van der Waals surface area contributed by atoms with Gasteiger partial charge >= 0.3 is 0 Å². The minimum absolute atomic E-state index is 0.248. The number of rotatable bonds is 6. The van der Waals surface area contributed by atoms with Crippen LogP contribution in [-0.4, -0.2) is 29.9 Å². The van der Waals surface area contributed by atoms with E-state index in [0.29, 0.717) is 6.54 Å². The first kappa shape index (κ1) is 15.6. The topological polar surface area (TPSA) is 41.5 Å². The van der Waals surface area contributed by atoms with Crippen molar-refractivity contribution in [3.63, 3.8) is 0 Å². The number of aryl methyl sites for hydroxylation is 2. The van der Waals surface area contributed by atoms with Crippen LogP contribution >= 0.6 is 0 Å². The lowest BCUT2D eigenvalue weighted by Gasteiger charge is -2.22. The van der Waals surface area contributed by atoms with Crippen molar-refractivity contribution in [3.05, 3.63) is 29.3 Å². The summed E-state index contributed by atoms with van der Waals surface area (Å²) >= 11 is 0. The van der Waals surface area contributed by atoms with Gasteiger partial charge in [0.05, 0.1) is 5.54 Å². The Morgan fingerprint density at radius 1 is 1.42 bits per heavy atom. The Bertz CT molecular complexity index is 460. The Morgan fingerprint density at radius 3 is 2.74 bits per heavy atom. The highest BCUT2D eigenvalue weighted by Gasteiger charge is 2.15. The molecule has 3 nitrogen and oxygen atoms in total. The van der Waals surface area contributed by atoms with E-state index in [0.717, 1.165) is 16.9 Å². The van der Waals surface area contributed by atoms with E-state index in [-0.39, 0.29) is 6.61 Å². The van der Waals surface area contributed by atoms with Crippen molar-refractivity contribution >= 4 is 0 Å². The van der Waals surface area contributed by atoms with Gasteiger partial charge in [0, 0.05) is 6.54 Å². The first-order valence-electron chi connectivity index (χ1n) is 6.45. The van der Waals surface area contributed by atoms with Crippen LogP contribution in [0, 0.1) is 26.2 Å². The highest BCUT2D eigenvalue weighted by Crippen LogP contribution is 2.19. The first-order valence-corrected chi connectivity index (χ1v) is 6.45. The van der Waals surface area contributed by atoms with E-state index in [9.17, 15) is 5.11 Å². The minimum atomic E-state index is -0.590. The number of terminal acetylenes is 1. The Balaban J connectivity index is 2.44. The summed E-state index contributed by atoms with van der Waals surface area (Å²) in [5.41, 5.74) is 1.79. The van der Waals surface area contributed by atoms with E-state index in [4.69, 9.17) is 11.2 Å². The summed E-state index contributed by atoms with van der Waals surface area (Å²) in [6.45, 7) is 8.44. The third-order valence-electron chi connectivity index (χ3n) is 2.92. The van der Waals surface area contributed by atoms with Crippen LogP contribution in [0.25, 0.3) is 0 Å². The maximum absolute atomic E-state index is 9.87. The number of nitrogens with one attached hydrogen (secondary N) is 1. The van der Waals surface area contributed by atoms with Crippen LogP contribution < -0.4 is 10.1 Å². The number of aliphatic hydroxyl groups excluding tert-OH is 1. The van der Waals surface area contributed by atoms with Crippen LogP contribution in [0.3, 0.4) is 0 Å². The van der Waals surface area contributed by atoms with Gasteiger partial charge in [0.25, 0.3) is 0 Å². The summed E-state index contributed by atoms with van der Waals surface area (Å²) in [6, 6.07) is 6.02. The second-order valence-corrected chi connectivity index (χ2v) is 5.38. The molecule has 0 aliphatic rings. The lowest BCUT2D eigenvalue weighted by atomic mass is 10.1. The van der Waals surface area contributed by atoms with Gasteiger partial charge in [0.2, 0.25) is 0 Å². The van der Waals surface area contributed by atoms with Gasteiger partial charge in [0.1, 0.15) is 18.5 Å². The van der Waals surface area contributed by atoms with Crippen LogP contribution in [0.15, 0.2) is 18.2 Å². The van der Waals surface area contributed by atoms with Crippen molar-refractivity contribution < 1.29 is 9.84 Å². The van der Waals surface area contributed by atoms with E-state index in [1.807, 2.05) is 45.9 Å². The van der Waals surface area contributed by atoms with E-state index in [1.54, 1.807) is 0 Å². The van der Waals surface area contributed by atoms with Gasteiger partial charge in [-0.15, -0.1) is 6.42 Å². The Hall–Kier alpha value is -1.50. The molecule has 0 aromatic heterocycles. The zero-order chi connectivity index (χ0) is 14.5. The van der Waals surface area contributed by atoms with E-state index in [1.165, 1.54) is 0 Å². The van der Waals surface area contributed by atoms with Gasteiger partial charge in [-0.2, -0.15) is 0 Å². The number of hydrogen-bond donors (Lipinski definition) is 2. The molecule has 104 valence electrons. The maximum atomic E-state index is 9.87. The number of β-amino-alcohol motifs (C(OH)–C–C–N with tert-alkyl or cyclic N) is 1. The molecule has 1 aromatic rings. The van der Waals surface area contributed by atoms with E-state index < -0.39 is 11.6 Å². The molecule has 0 radical (unpaired) electrons. The van der Waals surface area contributed by atoms with Crippen LogP contribution in [0.4, 0.5) is 0 Å². The Morgan fingerprint density at radius 2 is 2.11 bits per heavy atom. The van der Waals surface area contributed by atoms with Gasteiger partial charge in [-0.25, -0.2) is 0 Å². The summed E-state index contributed by atoms with van der Waals surface area (Å²) in [4.78, 5) is 0. The quantitative estimate of drug-likeness (QED) is 0.770. The molecule has 0 aliphatic heterocycles. The van der Waals surface area contributed by atoms with E-state index >= 15 is 0 Å². The van der Waals surface area contributed by atoms with Crippen molar-refractivity contribution in [1.29, 1.82) is 0 Å². The van der Waals surface area contributed by atoms with Crippen LogP contribution in [-0.2, 0) is 0 Å². The number of ether oxygens (including phenoxy) is 1. The van der Waals surface area contributed by atoms with Gasteiger partial charge in [-0.05, 0) is 44.9 Å². The lowest BCUT2D eigenvalue weighted by molar-refractivity contribution is 0.102. The number of hydrogen-bond acceptors (Lipinski definition) is 3. The van der Waals surface area contributed by atoms with Crippen LogP contribution in [0.2, 0.25) is 0 Å². The van der Waals surface area contributed by atoms with Crippen molar-refractivity contribution in [2.45, 2.75) is 39.3 Å². The molecule has 0 fully saturated rings. The molecule has 0 saturated carbocycles. The van der Waals surface area contributed by atoms with Gasteiger partial charge in [-0.1, -0.05) is 18.1 Å². The molecule has 0 bridgehead atoms. The molecule has 0 amide bonds. The maximum Gasteiger partial charge on any atom is 0.122 e. The van der Waals surface area contributed by atoms with Crippen molar-refractivity contribution in [3.8, 4) is 18.1 Å². The molecule has 0 heterocycles. The largest absolute Gasteiger partial charge is 0.491 e. The fraction of sp³-hybridized carbons (Fsp3) is 0.500. The van der Waals surface area contributed by atoms with Crippen LogP contribution in [0.5, 0.6) is 5.75 Å². The fourth-order valence-corrected chi connectivity index (χ4v) is 1.53. The summed E-state index contributed by atoms with van der Waals surface area (Å²) in [5, 5.41) is 13.0. The Kier molecular flexibility index (Phi) is 5.41. The molecule has 1 aromatic carbocycles. The normalized spacial score (nSPS) is 12.8. The second-order valence-electron chi connectivity index (χ2n) is 5.38. The number of benzene rings is 1. The standard InChI is InChI=1S/C16H23NO2/c1-6-16(4,5)17-10-14(18)11-19-15-9-12(2)7-8-13(15)3/h1,7-9,14,17-18H,10-11H2,2-5H3. The molecule has 1 unspecified atom stereocenters. The zero-order valence-corrected chi connectivity index (χ0v) is 12.2. The smallest absolute Gasteiger partial charge is 0.122 e. The first-order chi connectivity index (χ1) is 8.84. The predicted molar refractivity (Wildman–Crippen MR) is 78.3 cm³/mol. The Labute approximate surface area is 116 Å². The molecular weight excluding hydrogens is 238 g/mol. The van der Waals surface area contributed by atoms with Crippen molar-refractivity contribution in [2.75, 3.05) is 13.2 Å². The third kappa shape index (κ3) is 5.34. The molecular formula is C16H23NO2. The SMILES string of the molecule is C#CC(C)(C)NCC(O)COc1cc(C)ccc1C. The van der Waals surface area contributed by atoms with Gasteiger partial charge < -0.3 is 9.84 Å². The lowest BCUT2D eigenvalue weighted by Crippen LogP contribution is -2.43. The summed E-state index contributed by atoms with van der Waals surface area (Å²) in [7, 11) is 0. The summed E-state index contributed by atoms with van der Waals surface area (Å²) in [6.07, 6.45) is 4.78. The highest BCUT2D eigenvalue weighted by molar-refractivity contribution is 5.35. The minimum Gasteiger partial charge on any atom is -0.491 e. The second kappa shape index (κ2) is 6.60. The number of aliphatic hydroxyl groups is 1. The van der Waals surface area contributed by atoms with Gasteiger partial charge in [0.15, 0.2) is 0 Å². The summed E-state index contributed by atoms with van der Waals surface area (Å²) in [5.74, 6) is 3.44. The van der Waals surface area contributed by atoms with Crippen LogP contribution in [0.1, 0.15) is 25.0 Å². The summed E-state index contributed by atoms with van der Waals surface area (Å²) < 4.78 is 5.64. The van der Waals surface area contributed by atoms with Crippen molar-refractivity contribution in [2.24, 2.45) is 0 Å².